The van der Waals surface area contributed by atoms with Crippen molar-refractivity contribution in [1.29, 1.82) is 0 Å². The Balaban J connectivity index is 3.01. The van der Waals surface area contributed by atoms with Crippen LogP contribution in [0.4, 0.5) is 4.39 Å². The second-order valence-electron chi connectivity index (χ2n) is 2.63. The van der Waals surface area contributed by atoms with Gasteiger partial charge in [-0.2, -0.15) is 0 Å². The van der Waals surface area contributed by atoms with E-state index in [0.717, 1.165) is 0 Å². The van der Waals surface area contributed by atoms with E-state index < -0.39 is 5.97 Å². The molecule has 2 nitrogen and oxygen atoms in total. The topological polar surface area (TPSA) is 26.3 Å². The Morgan fingerprint density at radius 3 is 2.85 bits per heavy atom. The molecule has 0 saturated carbocycles. The highest BCUT2D eigenvalue weighted by molar-refractivity contribution is 5.90. The molecule has 3 heteroatoms. The van der Waals surface area contributed by atoms with Crippen LogP contribution in [-0.2, 0) is 4.74 Å². The SMILES string of the molecule is CCOC(=O)c1cccc(F)c1C. The highest BCUT2D eigenvalue weighted by Crippen LogP contribution is 2.12. The molecule has 0 saturated heterocycles. The maximum Gasteiger partial charge on any atom is 0.338 e. The van der Waals surface area contributed by atoms with E-state index in [1.54, 1.807) is 19.9 Å². The molecule has 0 fully saturated rings. The molecule has 0 atom stereocenters. The lowest BCUT2D eigenvalue weighted by Gasteiger charge is -2.04. The van der Waals surface area contributed by atoms with Gasteiger partial charge in [0, 0.05) is 0 Å². The number of carbonyl (C=O) groups is 1. The lowest BCUT2D eigenvalue weighted by Crippen LogP contribution is -2.07. The van der Waals surface area contributed by atoms with Gasteiger partial charge in [0.1, 0.15) is 5.82 Å². The number of ether oxygens (including phenoxy) is 1. The quantitative estimate of drug-likeness (QED) is 0.656. The molecule has 0 N–H and O–H groups in total. The molecular formula is C10H11FO2. The van der Waals surface area contributed by atoms with Gasteiger partial charge in [-0.05, 0) is 31.5 Å². The highest BCUT2D eigenvalue weighted by Gasteiger charge is 2.11. The minimum atomic E-state index is -0.473. The van der Waals surface area contributed by atoms with Gasteiger partial charge >= 0.3 is 5.97 Å². The van der Waals surface area contributed by atoms with E-state index in [4.69, 9.17) is 4.74 Å². The first kappa shape index (κ1) is 9.71. The largest absolute Gasteiger partial charge is 0.462 e. The van der Waals surface area contributed by atoms with Gasteiger partial charge in [-0.25, -0.2) is 9.18 Å². The smallest absolute Gasteiger partial charge is 0.338 e. The van der Waals surface area contributed by atoms with Crippen LogP contribution < -0.4 is 0 Å². The standard InChI is InChI=1S/C10H11FO2/c1-3-13-10(12)8-5-4-6-9(11)7(8)2/h4-6H,3H2,1-2H3. The number of halogens is 1. The predicted octanol–water partition coefficient (Wildman–Crippen LogP) is 2.31. The maximum absolute atomic E-state index is 13.0. The highest BCUT2D eigenvalue weighted by atomic mass is 19.1. The molecule has 0 aliphatic carbocycles. The summed E-state index contributed by atoms with van der Waals surface area (Å²) in [5.41, 5.74) is 0.628. The Morgan fingerprint density at radius 1 is 1.54 bits per heavy atom. The van der Waals surface area contributed by atoms with Gasteiger partial charge in [-0.15, -0.1) is 0 Å². The zero-order valence-electron chi connectivity index (χ0n) is 7.63. The maximum atomic E-state index is 13.0. The first-order valence-electron chi connectivity index (χ1n) is 4.09. The normalized spacial score (nSPS) is 9.77. The molecule has 70 valence electrons. The number of esters is 1. The molecule has 0 unspecified atom stereocenters. The first-order valence-corrected chi connectivity index (χ1v) is 4.09. The van der Waals surface area contributed by atoms with Crippen LogP contribution >= 0.6 is 0 Å². The van der Waals surface area contributed by atoms with Crippen molar-refractivity contribution < 1.29 is 13.9 Å². The molecule has 0 aromatic heterocycles. The number of hydrogen-bond donors (Lipinski definition) is 0. The fraction of sp³-hybridized carbons (Fsp3) is 0.300. The van der Waals surface area contributed by atoms with Gasteiger partial charge < -0.3 is 4.74 Å². The van der Waals surface area contributed by atoms with Crippen molar-refractivity contribution in [2.75, 3.05) is 6.61 Å². The van der Waals surface area contributed by atoms with E-state index in [2.05, 4.69) is 0 Å². The summed E-state index contributed by atoms with van der Waals surface area (Å²) in [5.74, 6) is -0.856. The number of benzene rings is 1. The number of hydrogen-bond acceptors (Lipinski definition) is 2. The van der Waals surface area contributed by atoms with Gasteiger partial charge in [-0.1, -0.05) is 6.07 Å². The van der Waals surface area contributed by atoms with Crippen LogP contribution in [0, 0.1) is 12.7 Å². The molecule has 1 aromatic carbocycles. The van der Waals surface area contributed by atoms with Gasteiger partial charge in [0.2, 0.25) is 0 Å². The minimum Gasteiger partial charge on any atom is -0.462 e. The van der Waals surface area contributed by atoms with Crippen LogP contribution in [-0.4, -0.2) is 12.6 Å². The van der Waals surface area contributed by atoms with Gasteiger partial charge in [-0.3, -0.25) is 0 Å². The van der Waals surface area contributed by atoms with Crippen molar-refractivity contribution in [3.63, 3.8) is 0 Å². The summed E-state index contributed by atoms with van der Waals surface area (Å²) in [5, 5.41) is 0. The number of rotatable bonds is 2. The van der Waals surface area contributed by atoms with E-state index in [0.29, 0.717) is 17.7 Å². The van der Waals surface area contributed by atoms with Crippen LogP contribution in [0.25, 0.3) is 0 Å². The van der Waals surface area contributed by atoms with Crippen molar-refractivity contribution in [3.05, 3.63) is 35.1 Å². The monoisotopic (exact) mass is 182 g/mol. The molecule has 0 amide bonds. The van der Waals surface area contributed by atoms with E-state index in [9.17, 15) is 9.18 Å². The summed E-state index contributed by atoms with van der Waals surface area (Å²) in [4.78, 5) is 11.2. The molecule has 1 rings (SSSR count). The lowest BCUT2D eigenvalue weighted by atomic mass is 10.1. The molecule has 0 bridgehead atoms. The molecule has 0 radical (unpaired) electrons. The Kier molecular flexibility index (Phi) is 3.01. The summed E-state index contributed by atoms with van der Waals surface area (Å²) >= 11 is 0. The second-order valence-corrected chi connectivity index (χ2v) is 2.63. The van der Waals surface area contributed by atoms with Gasteiger partial charge in [0.05, 0.1) is 12.2 Å². The fourth-order valence-electron chi connectivity index (χ4n) is 1.04. The third kappa shape index (κ3) is 2.05. The summed E-state index contributed by atoms with van der Waals surface area (Å²) in [6, 6.07) is 4.36. The van der Waals surface area contributed by atoms with Crippen LogP contribution in [0.15, 0.2) is 18.2 Å². The van der Waals surface area contributed by atoms with Crippen molar-refractivity contribution in [2.45, 2.75) is 13.8 Å². The van der Waals surface area contributed by atoms with Crippen molar-refractivity contribution in [3.8, 4) is 0 Å². The summed E-state index contributed by atoms with van der Waals surface area (Å²) in [7, 11) is 0. The average Bonchev–Trinajstić information content (AvgIpc) is 2.10. The molecule has 0 aliphatic heterocycles. The van der Waals surface area contributed by atoms with Crippen molar-refractivity contribution >= 4 is 5.97 Å². The Hall–Kier alpha value is -1.38. The number of carbonyl (C=O) groups excluding carboxylic acids is 1. The summed E-state index contributed by atoms with van der Waals surface area (Å²) in [6.45, 7) is 3.57. The van der Waals surface area contributed by atoms with Gasteiger partial charge in [0.25, 0.3) is 0 Å². The summed E-state index contributed by atoms with van der Waals surface area (Å²) in [6.07, 6.45) is 0. The summed E-state index contributed by atoms with van der Waals surface area (Å²) < 4.78 is 17.7. The first-order chi connectivity index (χ1) is 6.16. The third-order valence-corrected chi connectivity index (χ3v) is 1.76. The van der Waals surface area contributed by atoms with E-state index >= 15 is 0 Å². The lowest BCUT2D eigenvalue weighted by molar-refractivity contribution is 0.0525. The predicted molar refractivity (Wildman–Crippen MR) is 47.1 cm³/mol. The molecule has 0 spiro atoms. The zero-order valence-corrected chi connectivity index (χ0v) is 7.63. The van der Waals surface area contributed by atoms with Gasteiger partial charge in [0.15, 0.2) is 0 Å². The van der Waals surface area contributed by atoms with Crippen LogP contribution in [0.1, 0.15) is 22.8 Å². The van der Waals surface area contributed by atoms with Crippen LogP contribution in [0.3, 0.4) is 0 Å². The van der Waals surface area contributed by atoms with Crippen LogP contribution in [0.2, 0.25) is 0 Å². The Morgan fingerprint density at radius 2 is 2.23 bits per heavy atom. The molecule has 13 heavy (non-hydrogen) atoms. The molecular weight excluding hydrogens is 171 g/mol. The third-order valence-electron chi connectivity index (χ3n) is 1.76. The Labute approximate surface area is 76.3 Å². The van der Waals surface area contributed by atoms with E-state index in [1.807, 2.05) is 0 Å². The van der Waals surface area contributed by atoms with Crippen LogP contribution in [0.5, 0.6) is 0 Å². The molecule has 0 heterocycles. The zero-order chi connectivity index (χ0) is 9.84. The fourth-order valence-corrected chi connectivity index (χ4v) is 1.04. The van der Waals surface area contributed by atoms with E-state index in [1.165, 1.54) is 12.1 Å². The average molecular weight is 182 g/mol. The van der Waals surface area contributed by atoms with E-state index in [-0.39, 0.29) is 5.82 Å². The minimum absolute atomic E-state index is 0.293. The molecule has 1 aromatic rings. The Bertz CT molecular complexity index is 321. The van der Waals surface area contributed by atoms with Crippen molar-refractivity contribution in [1.82, 2.24) is 0 Å². The molecule has 0 aliphatic rings. The second kappa shape index (κ2) is 4.03. The van der Waals surface area contributed by atoms with Crippen molar-refractivity contribution in [2.24, 2.45) is 0 Å².